The molecule has 0 radical (unpaired) electrons. The molecule has 2 rings (SSSR count). The number of carbonyl (C=O) groups excluding carboxylic acids is 1. The minimum atomic E-state index is -0.880. The molecule has 0 unspecified atom stereocenters. The van der Waals surface area contributed by atoms with Gasteiger partial charge in [-0.05, 0) is 47.0 Å². The number of carbonyl (C=O) groups is 2. The van der Waals surface area contributed by atoms with Gasteiger partial charge in [-0.1, -0.05) is 30.9 Å². The normalized spacial score (nSPS) is 17.2. The van der Waals surface area contributed by atoms with Gasteiger partial charge in [0.25, 0.3) is 5.91 Å². The summed E-state index contributed by atoms with van der Waals surface area (Å²) < 4.78 is 0.646. The predicted molar refractivity (Wildman–Crippen MR) is 84.7 cm³/mol. The maximum Gasteiger partial charge on any atom is 0.305 e. The highest BCUT2D eigenvalue weighted by Gasteiger charge is 2.36. The first kappa shape index (κ1) is 16.3. The zero-order valence-electron chi connectivity index (χ0n) is 11.5. The van der Waals surface area contributed by atoms with Gasteiger partial charge in [0.2, 0.25) is 0 Å². The van der Waals surface area contributed by atoms with Crippen molar-refractivity contribution >= 4 is 39.4 Å². The fraction of sp³-hybridized carbons (Fsp3) is 0.467. The number of aliphatic carboxylic acids is 1. The van der Waals surface area contributed by atoms with Crippen LogP contribution in [-0.2, 0) is 4.79 Å². The van der Waals surface area contributed by atoms with E-state index in [9.17, 15) is 9.59 Å². The number of amides is 1. The van der Waals surface area contributed by atoms with Crippen molar-refractivity contribution in [2.75, 3.05) is 0 Å². The summed E-state index contributed by atoms with van der Waals surface area (Å²) in [5, 5.41) is 12.6. The minimum absolute atomic E-state index is 0.0342. The standard InChI is InChI=1S/C15H17BrClNO3/c16-11-8-10(4-5-12(11)17)14(21)18-15(9-13(19)20)6-2-1-3-7-15/h4-5,8H,1-3,6-7,9H2,(H,18,21)(H,19,20). The number of hydrogen-bond donors (Lipinski definition) is 2. The highest BCUT2D eigenvalue weighted by Crippen LogP contribution is 2.32. The summed E-state index contributed by atoms with van der Waals surface area (Å²) >= 11 is 9.20. The van der Waals surface area contributed by atoms with Crippen molar-refractivity contribution in [2.24, 2.45) is 0 Å². The van der Waals surface area contributed by atoms with Crippen molar-refractivity contribution in [3.05, 3.63) is 33.3 Å². The van der Waals surface area contributed by atoms with Gasteiger partial charge in [-0.3, -0.25) is 9.59 Å². The summed E-state index contributed by atoms with van der Waals surface area (Å²) in [6, 6.07) is 4.93. The average molecular weight is 375 g/mol. The van der Waals surface area contributed by atoms with Crippen LogP contribution in [0.1, 0.15) is 48.9 Å². The molecule has 1 amide bonds. The molecule has 4 nitrogen and oxygen atoms in total. The minimum Gasteiger partial charge on any atom is -0.481 e. The van der Waals surface area contributed by atoms with E-state index in [0.717, 1.165) is 19.3 Å². The molecule has 1 aliphatic rings. The highest BCUT2D eigenvalue weighted by molar-refractivity contribution is 9.10. The van der Waals surface area contributed by atoms with E-state index in [0.29, 0.717) is 27.9 Å². The van der Waals surface area contributed by atoms with E-state index in [1.54, 1.807) is 18.2 Å². The van der Waals surface area contributed by atoms with Crippen LogP contribution >= 0.6 is 27.5 Å². The zero-order valence-corrected chi connectivity index (χ0v) is 13.8. The molecule has 1 fully saturated rings. The van der Waals surface area contributed by atoms with Gasteiger partial charge in [-0.15, -0.1) is 0 Å². The lowest BCUT2D eigenvalue weighted by Gasteiger charge is -2.37. The second kappa shape index (κ2) is 6.79. The number of halogens is 2. The third-order valence-corrected chi connectivity index (χ3v) is 5.07. The molecular formula is C15H17BrClNO3. The number of rotatable bonds is 4. The van der Waals surface area contributed by atoms with Crippen LogP contribution in [0.25, 0.3) is 0 Å². The zero-order chi connectivity index (χ0) is 15.5. The van der Waals surface area contributed by atoms with Crippen molar-refractivity contribution in [3.63, 3.8) is 0 Å². The van der Waals surface area contributed by atoms with Gasteiger partial charge in [0.1, 0.15) is 0 Å². The Morgan fingerprint density at radius 1 is 1.29 bits per heavy atom. The van der Waals surface area contributed by atoms with Gasteiger partial charge in [-0.2, -0.15) is 0 Å². The molecule has 1 aromatic rings. The van der Waals surface area contributed by atoms with E-state index < -0.39 is 11.5 Å². The van der Waals surface area contributed by atoms with Crippen molar-refractivity contribution in [2.45, 2.75) is 44.1 Å². The van der Waals surface area contributed by atoms with Crippen molar-refractivity contribution in [1.29, 1.82) is 0 Å². The second-order valence-electron chi connectivity index (χ2n) is 5.49. The smallest absolute Gasteiger partial charge is 0.305 e. The maximum absolute atomic E-state index is 12.4. The van der Waals surface area contributed by atoms with Gasteiger partial charge in [-0.25, -0.2) is 0 Å². The number of carboxylic acids is 1. The van der Waals surface area contributed by atoms with Gasteiger partial charge in [0, 0.05) is 10.0 Å². The van der Waals surface area contributed by atoms with E-state index in [1.807, 2.05) is 0 Å². The molecule has 0 spiro atoms. The molecule has 1 aliphatic carbocycles. The number of hydrogen-bond acceptors (Lipinski definition) is 2. The van der Waals surface area contributed by atoms with Crippen LogP contribution in [-0.4, -0.2) is 22.5 Å². The molecule has 114 valence electrons. The third-order valence-electron chi connectivity index (χ3n) is 3.86. The van der Waals surface area contributed by atoms with E-state index in [1.165, 1.54) is 0 Å². The molecule has 1 aromatic carbocycles. The summed E-state index contributed by atoms with van der Waals surface area (Å²) in [6.45, 7) is 0. The third kappa shape index (κ3) is 4.20. The summed E-state index contributed by atoms with van der Waals surface area (Å²) in [6.07, 6.45) is 4.35. The average Bonchev–Trinajstić information content (AvgIpc) is 2.41. The molecule has 1 saturated carbocycles. The van der Waals surface area contributed by atoms with Gasteiger partial charge < -0.3 is 10.4 Å². The first-order valence-corrected chi connectivity index (χ1v) is 8.08. The number of nitrogens with one attached hydrogen (secondary N) is 1. The molecule has 21 heavy (non-hydrogen) atoms. The van der Waals surface area contributed by atoms with Crippen LogP contribution in [0.2, 0.25) is 5.02 Å². The van der Waals surface area contributed by atoms with E-state index in [2.05, 4.69) is 21.2 Å². The molecule has 0 heterocycles. The quantitative estimate of drug-likeness (QED) is 0.837. The van der Waals surface area contributed by atoms with Gasteiger partial charge in [0.05, 0.1) is 17.0 Å². The maximum atomic E-state index is 12.4. The van der Waals surface area contributed by atoms with Crippen LogP contribution in [0, 0.1) is 0 Å². The Morgan fingerprint density at radius 3 is 2.52 bits per heavy atom. The van der Waals surface area contributed by atoms with Gasteiger partial charge >= 0.3 is 5.97 Å². The summed E-state index contributed by atoms with van der Waals surface area (Å²) in [5.74, 6) is -1.13. The van der Waals surface area contributed by atoms with E-state index >= 15 is 0 Å². The summed E-state index contributed by atoms with van der Waals surface area (Å²) in [7, 11) is 0. The molecule has 2 N–H and O–H groups in total. The van der Waals surface area contributed by atoms with Gasteiger partial charge in [0.15, 0.2) is 0 Å². The molecule has 0 aromatic heterocycles. The lowest BCUT2D eigenvalue weighted by molar-refractivity contribution is -0.139. The number of benzene rings is 1. The lowest BCUT2D eigenvalue weighted by atomic mass is 9.79. The topological polar surface area (TPSA) is 66.4 Å². The Morgan fingerprint density at radius 2 is 1.95 bits per heavy atom. The van der Waals surface area contributed by atoms with Crippen molar-refractivity contribution in [3.8, 4) is 0 Å². The Balaban J connectivity index is 2.17. The fourth-order valence-corrected chi connectivity index (χ4v) is 3.31. The highest BCUT2D eigenvalue weighted by atomic mass is 79.9. The first-order valence-electron chi connectivity index (χ1n) is 6.91. The van der Waals surface area contributed by atoms with Crippen LogP contribution in [0.4, 0.5) is 0 Å². The molecule has 0 aliphatic heterocycles. The molecular weight excluding hydrogens is 358 g/mol. The SMILES string of the molecule is O=C(O)CC1(NC(=O)c2ccc(Cl)c(Br)c2)CCCCC1. The Bertz CT molecular complexity index is 556. The van der Waals surface area contributed by atoms with Crippen molar-refractivity contribution < 1.29 is 14.7 Å². The van der Waals surface area contributed by atoms with Crippen molar-refractivity contribution in [1.82, 2.24) is 5.32 Å². The first-order chi connectivity index (χ1) is 9.92. The molecule has 0 atom stereocenters. The summed E-state index contributed by atoms with van der Waals surface area (Å²) in [5.41, 5.74) is -0.158. The summed E-state index contributed by atoms with van der Waals surface area (Å²) in [4.78, 5) is 23.5. The van der Waals surface area contributed by atoms with Crippen LogP contribution in [0.15, 0.2) is 22.7 Å². The fourth-order valence-electron chi connectivity index (χ4n) is 2.81. The Labute approximate surface area is 137 Å². The Hall–Kier alpha value is -1.07. The largest absolute Gasteiger partial charge is 0.481 e. The number of carboxylic acid groups (broad SMARTS) is 1. The molecule has 0 saturated heterocycles. The second-order valence-corrected chi connectivity index (χ2v) is 6.76. The predicted octanol–water partition coefficient (Wildman–Crippen LogP) is 4.01. The van der Waals surface area contributed by atoms with Crippen LogP contribution in [0.3, 0.4) is 0 Å². The van der Waals surface area contributed by atoms with Crippen LogP contribution in [0.5, 0.6) is 0 Å². The van der Waals surface area contributed by atoms with Crippen LogP contribution < -0.4 is 5.32 Å². The monoisotopic (exact) mass is 373 g/mol. The Kier molecular flexibility index (Phi) is 5.27. The van der Waals surface area contributed by atoms with E-state index in [4.69, 9.17) is 16.7 Å². The lowest BCUT2D eigenvalue weighted by Crippen LogP contribution is -2.51. The van der Waals surface area contributed by atoms with E-state index in [-0.39, 0.29) is 12.3 Å². The molecule has 6 heteroatoms. The molecule has 0 bridgehead atoms.